The van der Waals surface area contributed by atoms with Gasteiger partial charge in [0.05, 0.1) is 0 Å². The van der Waals surface area contributed by atoms with Crippen molar-refractivity contribution in [2.45, 2.75) is 16.6 Å². The van der Waals surface area contributed by atoms with Crippen LogP contribution in [0, 0.1) is 0 Å². The number of aliphatic hydroxyl groups is 1. The molecule has 84 valence electrons. The molecule has 4 rings (SSSR count). The van der Waals surface area contributed by atoms with Crippen LogP contribution in [0.25, 0.3) is 0 Å². The first-order valence-corrected chi connectivity index (χ1v) is 6.75. The van der Waals surface area contributed by atoms with E-state index in [4.69, 9.17) is 0 Å². The van der Waals surface area contributed by atoms with Crippen LogP contribution in [0.4, 0.5) is 0 Å². The van der Waals surface area contributed by atoms with E-state index in [1.54, 1.807) is 11.8 Å². The standard InChI is InChI=1S/C15H12OS/c16-15-12-7-3-1-5-10(12)9-14(17-15)11-6-2-4-8-13(11)15/h1-8,14,16H,9H2. The van der Waals surface area contributed by atoms with Crippen LogP contribution in [-0.4, -0.2) is 5.11 Å². The molecule has 0 radical (unpaired) electrons. The Bertz CT molecular complexity index is 594. The third kappa shape index (κ3) is 1.15. The van der Waals surface area contributed by atoms with Crippen LogP contribution in [0.5, 0.6) is 0 Å². The number of fused-ring (bicyclic) bond motifs is 7. The van der Waals surface area contributed by atoms with Crippen LogP contribution in [0.15, 0.2) is 48.5 Å². The van der Waals surface area contributed by atoms with Gasteiger partial charge < -0.3 is 5.11 Å². The van der Waals surface area contributed by atoms with Crippen LogP contribution in [0.1, 0.15) is 27.5 Å². The van der Waals surface area contributed by atoms with Crippen LogP contribution < -0.4 is 0 Å². The molecule has 0 aliphatic carbocycles. The minimum Gasteiger partial charge on any atom is -0.371 e. The van der Waals surface area contributed by atoms with Gasteiger partial charge in [-0.15, -0.1) is 11.8 Å². The van der Waals surface area contributed by atoms with Gasteiger partial charge in [0.25, 0.3) is 0 Å². The second-order valence-electron chi connectivity index (χ2n) is 4.70. The first-order chi connectivity index (χ1) is 8.29. The summed E-state index contributed by atoms with van der Waals surface area (Å²) in [7, 11) is 0. The molecule has 0 saturated heterocycles. The SMILES string of the molecule is OC12SC(Cc3ccccc31)c1ccccc12. The lowest BCUT2D eigenvalue weighted by Crippen LogP contribution is -2.24. The van der Waals surface area contributed by atoms with E-state index in [2.05, 4.69) is 36.4 Å². The topological polar surface area (TPSA) is 20.2 Å². The molecular formula is C15H12OS. The van der Waals surface area contributed by atoms with Crippen molar-refractivity contribution in [2.24, 2.45) is 0 Å². The molecule has 2 heterocycles. The minimum atomic E-state index is -0.823. The van der Waals surface area contributed by atoms with Crippen molar-refractivity contribution >= 4 is 11.8 Å². The fraction of sp³-hybridized carbons (Fsp3) is 0.200. The van der Waals surface area contributed by atoms with Crippen molar-refractivity contribution in [1.82, 2.24) is 0 Å². The lowest BCUT2D eigenvalue weighted by Gasteiger charge is -2.30. The molecule has 0 spiro atoms. The van der Waals surface area contributed by atoms with Crippen LogP contribution in [-0.2, 0) is 11.4 Å². The maximum absolute atomic E-state index is 11.0. The van der Waals surface area contributed by atoms with Gasteiger partial charge in [0.1, 0.15) is 0 Å². The molecule has 0 saturated carbocycles. The summed E-state index contributed by atoms with van der Waals surface area (Å²) < 4.78 is 0. The molecule has 2 aromatic rings. The van der Waals surface area contributed by atoms with Crippen molar-refractivity contribution in [3.05, 3.63) is 70.8 Å². The third-order valence-electron chi connectivity index (χ3n) is 3.77. The van der Waals surface area contributed by atoms with Crippen molar-refractivity contribution in [2.75, 3.05) is 0 Å². The summed E-state index contributed by atoms with van der Waals surface area (Å²) in [5.41, 5.74) is 4.75. The first-order valence-electron chi connectivity index (χ1n) is 5.87. The number of thioether (sulfide) groups is 1. The average molecular weight is 240 g/mol. The van der Waals surface area contributed by atoms with Gasteiger partial charge in [0.15, 0.2) is 4.93 Å². The lowest BCUT2D eigenvalue weighted by molar-refractivity contribution is 0.182. The molecule has 1 N–H and O–H groups in total. The first kappa shape index (κ1) is 9.75. The van der Waals surface area contributed by atoms with Gasteiger partial charge in [0.2, 0.25) is 0 Å². The molecule has 2 aromatic carbocycles. The van der Waals surface area contributed by atoms with Gasteiger partial charge in [-0.05, 0) is 17.5 Å². The van der Waals surface area contributed by atoms with Crippen molar-refractivity contribution in [1.29, 1.82) is 0 Å². The fourth-order valence-electron chi connectivity index (χ4n) is 3.01. The van der Waals surface area contributed by atoms with E-state index in [-0.39, 0.29) is 0 Å². The highest BCUT2D eigenvalue weighted by atomic mass is 32.2. The van der Waals surface area contributed by atoms with Crippen LogP contribution in [0.3, 0.4) is 0 Å². The molecule has 0 fully saturated rings. The zero-order valence-electron chi connectivity index (χ0n) is 9.26. The molecule has 2 atom stereocenters. The summed E-state index contributed by atoms with van der Waals surface area (Å²) in [6.07, 6.45) is 1.03. The predicted octanol–water partition coefficient (Wildman–Crippen LogP) is 3.22. The molecule has 0 amide bonds. The number of hydrogen-bond donors (Lipinski definition) is 1. The Kier molecular flexibility index (Phi) is 1.81. The predicted molar refractivity (Wildman–Crippen MR) is 69.9 cm³/mol. The van der Waals surface area contributed by atoms with Crippen molar-refractivity contribution < 1.29 is 5.11 Å². The third-order valence-corrected chi connectivity index (χ3v) is 5.26. The van der Waals surface area contributed by atoms with Crippen LogP contribution in [0.2, 0.25) is 0 Å². The Morgan fingerprint density at radius 2 is 1.71 bits per heavy atom. The van der Waals surface area contributed by atoms with Gasteiger partial charge in [-0.2, -0.15) is 0 Å². The van der Waals surface area contributed by atoms with Gasteiger partial charge in [0, 0.05) is 16.4 Å². The molecule has 17 heavy (non-hydrogen) atoms. The molecule has 2 heteroatoms. The van der Waals surface area contributed by atoms with Gasteiger partial charge in [-0.25, -0.2) is 0 Å². The second kappa shape index (κ2) is 3.15. The fourth-order valence-corrected chi connectivity index (χ4v) is 4.65. The zero-order chi connectivity index (χ0) is 11.5. The number of rotatable bonds is 0. The molecule has 2 aliphatic rings. The minimum absolute atomic E-state index is 0.408. The van der Waals surface area contributed by atoms with Crippen molar-refractivity contribution in [3.63, 3.8) is 0 Å². The largest absolute Gasteiger partial charge is 0.371 e. The molecule has 0 aromatic heterocycles. The summed E-state index contributed by atoms with van der Waals surface area (Å²) in [5, 5.41) is 11.4. The van der Waals surface area contributed by atoms with Gasteiger partial charge in [-0.1, -0.05) is 48.5 Å². The van der Waals surface area contributed by atoms with E-state index in [9.17, 15) is 5.11 Å². The van der Waals surface area contributed by atoms with Gasteiger partial charge >= 0.3 is 0 Å². The zero-order valence-corrected chi connectivity index (χ0v) is 10.1. The number of hydrogen-bond acceptors (Lipinski definition) is 2. The highest BCUT2D eigenvalue weighted by molar-refractivity contribution is 8.00. The maximum atomic E-state index is 11.0. The molecular weight excluding hydrogens is 228 g/mol. The highest BCUT2D eigenvalue weighted by Crippen LogP contribution is 2.61. The Morgan fingerprint density at radius 1 is 1.00 bits per heavy atom. The van der Waals surface area contributed by atoms with E-state index in [1.807, 2.05) is 12.1 Å². The molecule has 2 unspecified atom stereocenters. The summed E-state index contributed by atoms with van der Waals surface area (Å²) in [6.45, 7) is 0. The van der Waals surface area contributed by atoms with E-state index in [0.29, 0.717) is 5.25 Å². The Hall–Kier alpha value is -1.25. The summed E-state index contributed by atoms with van der Waals surface area (Å²) in [6, 6.07) is 16.6. The summed E-state index contributed by atoms with van der Waals surface area (Å²) in [4.78, 5) is -0.823. The van der Waals surface area contributed by atoms with Gasteiger partial charge in [-0.3, -0.25) is 0 Å². The Labute approximate surface area is 104 Å². The van der Waals surface area contributed by atoms with Crippen molar-refractivity contribution in [3.8, 4) is 0 Å². The Balaban J connectivity index is 2.05. The summed E-state index contributed by atoms with van der Waals surface area (Å²) >= 11 is 1.68. The lowest BCUT2D eigenvalue weighted by atomic mass is 9.97. The van der Waals surface area contributed by atoms with E-state index in [1.165, 1.54) is 11.1 Å². The maximum Gasteiger partial charge on any atom is 0.162 e. The van der Waals surface area contributed by atoms with E-state index < -0.39 is 4.93 Å². The monoisotopic (exact) mass is 240 g/mol. The molecule has 2 aliphatic heterocycles. The van der Waals surface area contributed by atoms with Crippen LogP contribution >= 0.6 is 11.8 Å². The molecule has 1 nitrogen and oxygen atoms in total. The second-order valence-corrected chi connectivity index (χ2v) is 6.09. The van der Waals surface area contributed by atoms with E-state index in [0.717, 1.165) is 17.5 Å². The Morgan fingerprint density at radius 3 is 2.59 bits per heavy atom. The average Bonchev–Trinajstić information content (AvgIpc) is 2.61. The summed E-state index contributed by atoms with van der Waals surface area (Å²) in [5.74, 6) is 0. The number of benzene rings is 2. The highest BCUT2D eigenvalue weighted by Gasteiger charge is 2.48. The quantitative estimate of drug-likeness (QED) is 0.763. The van der Waals surface area contributed by atoms with E-state index >= 15 is 0 Å². The normalized spacial score (nSPS) is 28.6. The smallest absolute Gasteiger partial charge is 0.162 e. The molecule has 2 bridgehead atoms.